The quantitative estimate of drug-likeness (QED) is 0.326. The highest BCUT2D eigenvalue weighted by molar-refractivity contribution is 9.10. The fourth-order valence-electron chi connectivity index (χ4n) is 2.56. The van der Waals surface area contributed by atoms with Gasteiger partial charge in [0, 0.05) is 10.6 Å². The summed E-state index contributed by atoms with van der Waals surface area (Å²) in [6.45, 7) is 0.294. The molecule has 0 saturated carbocycles. The Hall–Kier alpha value is -3.14. The predicted molar refractivity (Wildman–Crippen MR) is 119 cm³/mol. The van der Waals surface area contributed by atoms with E-state index < -0.39 is 11.7 Å². The Bertz CT molecular complexity index is 1160. The van der Waals surface area contributed by atoms with Gasteiger partial charge in [0.05, 0.1) is 10.2 Å². The molecule has 0 aliphatic heterocycles. The highest BCUT2D eigenvalue weighted by Gasteiger charge is 2.12. The maximum atomic E-state index is 13.7. The molecular formula is C23H15BrClFN2O2. The zero-order valence-electron chi connectivity index (χ0n) is 15.5. The number of hydrogen-bond donors (Lipinski definition) is 1. The highest BCUT2D eigenvalue weighted by atomic mass is 79.9. The first-order chi connectivity index (χ1) is 14.5. The van der Waals surface area contributed by atoms with Crippen LogP contribution in [0.5, 0.6) is 5.75 Å². The molecule has 0 aliphatic carbocycles. The fourth-order valence-corrected chi connectivity index (χ4v) is 3.26. The Morgan fingerprint density at radius 3 is 2.60 bits per heavy atom. The van der Waals surface area contributed by atoms with Crippen molar-refractivity contribution in [3.05, 3.63) is 98.7 Å². The lowest BCUT2D eigenvalue weighted by Gasteiger charge is -2.10. The number of halogens is 3. The summed E-state index contributed by atoms with van der Waals surface area (Å²) in [5.41, 5.74) is 1.31. The first-order valence-corrected chi connectivity index (χ1v) is 9.98. The molecule has 0 unspecified atom stereocenters. The zero-order chi connectivity index (χ0) is 21.5. The molecule has 0 heterocycles. The summed E-state index contributed by atoms with van der Waals surface area (Å²) in [7, 11) is 0. The number of anilines is 1. The Labute approximate surface area is 186 Å². The van der Waals surface area contributed by atoms with E-state index in [4.69, 9.17) is 16.3 Å². The van der Waals surface area contributed by atoms with Crippen LogP contribution in [0.25, 0.3) is 6.08 Å². The van der Waals surface area contributed by atoms with Crippen LogP contribution in [0.4, 0.5) is 10.1 Å². The van der Waals surface area contributed by atoms with Crippen molar-refractivity contribution in [1.82, 2.24) is 0 Å². The average Bonchev–Trinajstić information content (AvgIpc) is 2.74. The van der Waals surface area contributed by atoms with E-state index in [1.807, 2.05) is 24.3 Å². The third kappa shape index (κ3) is 5.47. The summed E-state index contributed by atoms with van der Waals surface area (Å²) in [5.74, 6) is -0.690. The monoisotopic (exact) mass is 484 g/mol. The molecule has 0 saturated heterocycles. The predicted octanol–water partition coefficient (Wildman–Crippen LogP) is 6.37. The third-order valence-electron chi connectivity index (χ3n) is 4.10. The molecule has 1 N–H and O–H groups in total. The van der Waals surface area contributed by atoms with Crippen LogP contribution in [-0.4, -0.2) is 5.91 Å². The molecule has 0 spiro atoms. The number of rotatable bonds is 6. The molecule has 0 aromatic heterocycles. The van der Waals surface area contributed by atoms with Crippen LogP contribution in [0.2, 0.25) is 5.02 Å². The van der Waals surface area contributed by atoms with E-state index >= 15 is 0 Å². The van der Waals surface area contributed by atoms with Crippen molar-refractivity contribution in [2.24, 2.45) is 0 Å². The minimum absolute atomic E-state index is 0.00755. The third-order valence-corrected chi connectivity index (χ3v) is 5.08. The Balaban J connectivity index is 1.73. The number of carbonyl (C=O) groups is 1. The molecule has 7 heteroatoms. The standard InChI is InChI=1S/C23H15BrClFN2O2/c24-18-12-15(9-10-22(18)30-14-16-5-1-2-6-19(16)25)11-17(13-27)23(29)28-21-8-4-3-7-20(21)26/h1-12H,14H2,(H,28,29)/b17-11-. The topological polar surface area (TPSA) is 62.1 Å². The molecule has 0 fully saturated rings. The lowest BCUT2D eigenvalue weighted by Crippen LogP contribution is -2.14. The van der Waals surface area contributed by atoms with Gasteiger partial charge in [0.1, 0.15) is 29.8 Å². The molecule has 3 rings (SSSR count). The molecule has 4 nitrogen and oxygen atoms in total. The molecule has 30 heavy (non-hydrogen) atoms. The van der Waals surface area contributed by atoms with Gasteiger partial charge in [-0.2, -0.15) is 5.26 Å². The van der Waals surface area contributed by atoms with Gasteiger partial charge in [-0.3, -0.25) is 4.79 Å². The number of nitriles is 1. The zero-order valence-corrected chi connectivity index (χ0v) is 17.9. The van der Waals surface area contributed by atoms with Crippen molar-refractivity contribution >= 4 is 45.2 Å². The van der Waals surface area contributed by atoms with Crippen LogP contribution in [0.1, 0.15) is 11.1 Å². The summed E-state index contributed by atoms with van der Waals surface area (Å²) in [4.78, 5) is 12.3. The normalized spacial score (nSPS) is 10.9. The van der Waals surface area contributed by atoms with Gasteiger partial charge in [0.15, 0.2) is 0 Å². The molecule has 3 aromatic carbocycles. The van der Waals surface area contributed by atoms with Crippen molar-refractivity contribution in [3.8, 4) is 11.8 Å². The summed E-state index contributed by atoms with van der Waals surface area (Å²) < 4.78 is 20.2. The van der Waals surface area contributed by atoms with Gasteiger partial charge in [0.25, 0.3) is 5.91 Å². The number of amides is 1. The van der Waals surface area contributed by atoms with Gasteiger partial charge in [0.2, 0.25) is 0 Å². The Kier molecular flexibility index (Phi) is 7.23. The van der Waals surface area contributed by atoms with Crippen molar-refractivity contribution < 1.29 is 13.9 Å². The smallest absolute Gasteiger partial charge is 0.266 e. The molecular weight excluding hydrogens is 471 g/mol. The first-order valence-electron chi connectivity index (χ1n) is 8.81. The number of hydrogen-bond acceptors (Lipinski definition) is 3. The number of carbonyl (C=O) groups excluding carboxylic acids is 1. The second-order valence-corrected chi connectivity index (χ2v) is 7.44. The number of para-hydroxylation sites is 1. The first kappa shape index (κ1) is 21.6. The van der Waals surface area contributed by atoms with E-state index in [1.54, 1.807) is 30.3 Å². The minimum Gasteiger partial charge on any atom is -0.488 e. The Morgan fingerprint density at radius 2 is 1.90 bits per heavy atom. The van der Waals surface area contributed by atoms with Gasteiger partial charge < -0.3 is 10.1 Å². The summed E-state index contributed by atoms with van der Waals surface area (Å²) in [6.07, 6.45) is 1.42. The van der Waals surface area contributed by atoms with Gasteiger partial charge >= 0.3 is 0 Å². The number of ether oxygens (including phenoxy) is 1. The van der Waals surface area contributed by atoms with E-state index in [9.17, 15) is 14.4 Å². The maximum Gasteiger partial charge on any atom is 0.266 e. The van der Waals surface area contributed by atoms with Crippen LogP contribution in [0, 0.1) is 17.1 Å². The average molecular weight is 486 g/mol. The molecule has 0 radical (unpaired) electrons. The highest BCUT2D eigenvalue weighted by Crippen LogP contribution is 2.28. The fraction of sp³-hybridized carbons (Fsp3) is 0.0435. The molecule has 0 bridgehead atoms. The number of nitrogens with zero attached hydrogens (tertiary/aromatic N) is 1. The van der Waals surface area contributed by atoms with E-state index in [1.165, 1.54) is 24.3 Å². The lowest BCUT2D eigenvalue weighted by molar-refractivity contribution is -0.112. The van der Waals surface area contributed by atoms with Gasteiger partial charge in [-0.05, 0) is 57.9 Å². The van der Waals surface area contributed by atoms with Crippen molar-refractivity contribution in [1.29, 1.82) is 5.26 Å². The van der Waals surface area contributed by atoms with Gasteiger partial charge in [-0.1, -0.05) is 48.0 Å². The van der Waals surface area contributed by atoms with E-state index in [0.717, 1.165) is 5.56 Å². The van der Waals surface area contributed by atoms with Gasteiger partial charge in [-0.25, -0.2) is 4.39 Å². The van der Waals surface area contributed by atoms with Crippen molar-refractivity contribution in [2.45, 2.75) is 6.61 Å². The summed E-state index contributed by atoms with van der Waals surface area (Å²) in [5, 5.41) is 12.4. The van der Waals surface area contributed by atoms with Crippen molar-refractivity contribution in [3.63, 3.8) is 0 Å². The lowest BCUT2D eigenvalue weighted by atomic mass is 10.1. The van der Waals surface area contributed by atoms with Gasteiger partial charge in [-0.15, -0.1) is 0 Å². The molecule has 3 aromatic rings. The van der Waals surface area contributed by atoms with E-state index in [2.05, 4.69) is 21.2 Å². The van der Waals surface area contributed by atoms with Crippen LogP contribution < -0.4 is 10.1 Å². The van der Waals surface area contributed by atoms with Crippen LogP contribution in [-0.2, 0) is 11.4 Å². The molecule has 0 atom stereocenters. The van der Waals surface area contributed by atoms with Crippen molar-refractivity contribution in [2.75, 3.05) is 5.32 Å². The minimum atomic E-state index is -0.697. The number of benzene rings is 3. The SMILES string of the molecule is N#C/C(=C/c1ccc(OCc2ccccc2Cl)c(Br)c1)C(=O)Nc1ccccc1F. The summed E-state index contributed by atoms with van der Waals surface area (Å²) >= 11 is 9.57. The number of nitrogens with one attached hydrogen (secondary N) is 1. The second kappa shape index (κ2) is 10.1. The van der Waals surface area contributed by atoms with Crippen LogP contribution in [0.15, 0.2) is 76.8 Å². The largest absolute Gasteiger partial charge is 0.488 e. The van der Waals surface area contributed by atoms with Crippen LogP contribution in [0.3, 0.4) is 0 Å². The maximum absolute atomic E-state index is 13.7. The molecule has 0 aliphatic rings. The van der Waals surface area contributed by atoms with E-state index in [0.29, 0.717) is 27.4 Å². The summed E-state index contributed by atoms with van der Waals surface area (Å²) in [6, 6.07) is 20.1. The molecule has 1 amide bonds. The van der Waals surface area contributed by atoms with Crippen LogP contribution >= 0.6 is 27.5 Å². The molecule has 150 valence electrons. The second-order valence-electron chi connectivity index (χ2n) is 6.17. The van der Waals surface area contributed by atoms with E-state index in [-0.39, 0.29) is 11.3 Å². The Morgan fingerprint density at radius 1 is 1.17 bits per heavy atom.